The zero-order chi connectivity index (χ0) is 5.21. The Bertz CT molecular complexity index is 49.4. The summed E-state index contributed by atoms with van der Waals surface area (Å²) in [6.45, 7) is 6.65. The number of rotatable bonds is 0. The van der Waals surface area contributed by atoms with Gasteiger partial charge in [-0.25, -0.2) is 0 Å². The standard InChI is InChI=1S/C5H12Si/c1-5(2,3)6-4/h6H,4H2,1-3H3. The summed E-state index contributed by atoms with van der Waals surface area (Å²) in [5, 5.41) is 0.514. The topological polar surface area (TPSA) is 0 Å². The van der Waals surface area contributed by atoms with Gasteiger partial charge in [0, 0.05) is 0 Å². The molecule has 0 atom stereocenters. The van der Waals surface area contributed by atoms with Gasteiger partial charge in [-0.3, -0.25) is 0 Å². The minimum atomic E-state index is 0.410. The van der Waals surface area contributed by atoms with Crippen molar-refractivity contribution < 1.29 is 0 Å². The molecule has 0 saturated heterocycles. The maximum atomic E-state index is 3.84. The molecule has 0 aromatic carbocycles. The molecule has 1 heteroatoms. The first kappa shape index (κ1) is 6.09. The Morgan fingerprint density at radius 3 is 1.50 bits per heavy atom. The molecule has 0 bridgehead atoms. The molecule has 0 aromatic heterocycles. The van der Waals surface area contributed by atoms with Gasteiger partial charge in [0.1, 0.15) is 0 Å². The van der Waals surface area contributed by atoms with Crippen LogP contribution in [0, 0.1) is 0 Å². The van der Waals surface area contributed by atoms with Crippen molar-refractivity contribution in [2.45, 2.75) is 25.8 Å². The van der Waals surface area contributed by atoms with Crippen LogP contribution in [0.5, 0.6) is 0 Å². The van der Waals surface area contributed by atoms with Crippen LogP contribution >= 0.6 is 0 Å². The molecule has 36 valence electrons. The molecule has 0 aliphatic heterocycles. The minimum absolute atomic E-state index is 0.410. The Morgan fingerprint density at radius 1 is 1.33 bits per heavy atom. The second kappa shape index (κ2) is 1.69. The van der Waals surface area contributed by atoms with Crippen molar-refractivity contribution in [1.82, 2.24) is 0 Å². The largest absolute Gasteiger partial charge is 0.121 e. The SMILES string of the molecule is C=[SiH]C(C)(C)C. The van der Waals surface area contributed by atoms with E-state index in [1.54, 1.807) is 0 Å². The number of hydrogen-bond donors (Lipinski definition) is 0. The maximum absolute atomic E-state index is 3.84. The Labute approximate surface area is 42.0 Å². The molecule has 0 saturated carbocycles. The van der Waals surface area contributed by atoms with E-state index in [9.17, 15) is 0 Å². The average Bonchev–Trinajstić information content (AvgIpc) is 1.35. The smallest absolute Gasteiger partial charge is 0.00955 e. The Hall–Kier alpha value is 0.0869. The van der Waals surface area contributed by atoms with Crippen molar-refractivity contribution in [2.75, 3.05) is 0 Å². The summed E-state index contributed by atoms with van der Waals surface area (Å²) in [6.07, 6.45) is 3.84. The third-order valence-electron chi connectivity index (χ3n) is 0.612. The second-order valence-electron chi connectivity index (χ2n) is 2.57. The Balaban J connectivity index is 3.45. The highest BCUT2D eigenvalue weighted by Gasteiger charge is 2.00. The lowest BCUT2D eigenvalue weighted by atomic mass is 10.3. The molecule has 0 N–H and O–H groups in total. The van der Waals surface area contributed by atoms with Gasteiger partial charge in [0.05, 0.1) is 0 Å². The first-order valence-corrected chi connectivity index (χ1v) is 3.59. The lowest BCUT2D eigenvalue weighted by Crippen LogP contribution is -1.97. The molecular formula is C5H12Si. The van der Waals surface area contributed by atoms with Crippen LogP contribution in [0.3, 0.4) is 0 Å². The van der Waals surface area contributed by atoms with Crippen LogP contribution in [-0.2, 0) is 0 Å². The normalized spacial score (nSPS) is 11.2. The van der Waals surface area contributed by atoms with Gasteiger partial charge in [-0.15, -0.1) is 6.17 Å². The first-order valence-electron chi connectivity index (χ1n) is 2.20. The third kappa shape index (κ3) is 4.09. The lowest BCUT2D eigenvalue weighted by molar-refractivity contribution is 0.765. The van der Waals surface area contributed by atoms with E-state index in [0.29, 0.717) is 14.2 Å². The van der Waals surface area contributed by atoms with Gasteiger partial charge in [0.15, 0.2) is 0 Å². The van der Waals surface area contributed by atoms with E-state index < -0.39 is 0 Å². The molecule has 0 nitrogen and oxygen atoms in total. The van der Waals surface area contributed by atoms with Crippen LogP contribution in [0.1, 0.15) is 20.8 Å². The molecule has 0 rings (SSSR count). The van der Waals surface area contributed by atoms with Crippen LogP contribution < -0.4 is 0 Å². The quantitative estimate of drug-likeness (QED) is 0.399. The van der Waals surface area contributed by atoms with Gasteiger partial charge in [-0.2, -0.15) is 0 Å². The maximum Gasteiger partial charge on any atom is -0.00955 e. The lowest BCUT2D eigenvalue weighted by Gasteiger charge is -2.07. The third-order valence-corrected chi connectivity index (χ3v) is 1.84. The van der Waals surface area contributed by atoms with Crippen molar-refractivity contribution >= 4 is 15.3 Å². The van der Waals surface area contributed by atoms with E-state index in [4.69, 9.17) is 0 Å². The molecule has 0 unspecified atom stereocenters. The summed E-state index contributed by atoms with van der Waals surface area (Å²) in [4.78, 5) is 0. The van der Waals surface area contributed by atoms with Crippen LogP contribution in [0.15, 0.2) is 0 Å². The van der Waals surface area contributed by atoms with Crippen molar-refractivity contribution in [2.24, 2.45) is 0 Å². The highest BCUT2D eigenvalue weighted by molar-refractivity contribution is 6.44. The predicted molar refractivity (Wildman–Crippen MR) is 34.0 cm³/mol. The summed E-state index contributed by atoms with van der Waals surface area (Å²) < 4.78 is 0. The highest BCUT2D eigenvalue weighted by Crippen LogP contribution is 2.15. The van der Waals surface area contributed by atoms with Crippen LogP contribution in [-0.4, -0.2) is 15.3 Å². The number of hydrogen-bond acceptors (Lipinski definition) is 0. The molecule has 0 radical (unpaired) electrons. The van der Waals surface area contributed by atoms with Crippen molar-refractivity contribution in [3.63, 3.8) is 0 Å². The van der Waals surface area contributed by atoms with Gasteiger partial charge in [0.2, 0.25) is 0 Å². The van der Waals surface area contributed by atoms with E-state index in [1.807, 2.05) is 0 Å². The van der Waals surface area contributed by atoms with E-state index in [0.717, 1.165) is 0 Å². The molecular weight excluding hydrogens is 88.1 g/mol. The van der Waals surface area contributed by atoms with Gasteiger partial charge >= 0.3 is 0 Å². The van der Waals surface area contributed by atoms with Crippen LogP contribution in [0.25, 0.3) is 0 Å². The summed E-state index contributed by atoms with van der Waals surface area (Å²) in [5.74, 6) is 0. The second-order valence-corrected chi connectivity index (χ2v) is 4.71. The monoisotopic (exact) mass is 100 g/mol. The molecule has 0 heterocycles. The van der Waals surface area contributed by atoms with Gasteiger partial charge < -0.3 is 0 Å². The fourth-order valence-corrected chi connectivity index (χ4v) is 0. The first-order chi connectivity index (χ1) is 2.56. The zero-order valence-corrected chi connectivity index (χ0v) is 5.94. The summed E-state index contributed by atoms with van der Waals surface area (Å²) in [5.41, 5.74) is 0. The molecule has 0 fully saturated rings. The van der Waals surface area contributed by atoms with Crippen LogP contribution in [0.2, 0.25) is 5.04 Å². The Kier molecular flexibility index (Phi) is 1.72. The van der Waals surface area contributed by atoms with Crippen molar-refractivity contribution in [1.29, 1.82) is 0 Å². The molecule has 0 aliphatic rings. The van der Waals surface area contributed by atoms with Crippen molar-refractivity contribution in [3.05, 3.63) is 0 Å². The fraction of sp³-hybridized carbons (Fsp3) is 0.800. The van der Waals surface area contributed by atoms with Gasteiger partial charge in [-0.05, 0) is 14.2 Å². The van der Waals surface area contributed by atoms with E-state index in [2.05, 4.69) is 26.9 Å². The van der Waals surface area contributed by atoms with E-state index >= 15 is 0 Å². The predicted octanol–water partition coefficient (Wildman–Crippen LogP) is 1.07. The summed E-state index contributed by atoms with van der Waals surface area (Å²) in [6, 6.07) is 0. The van der Waals surface area contributed by atoms with Gasteiger partial charge in [0.25, 0.3) is 0 Å². The van der Waals surface area contributed by atoms with Gasteiger partial charge in [-0.1, -0.05) is 20.8 Å². The molecule has 0 amide bonds. The van der Waals surface area contributed by atoms with Crippen molar-refractivity contribution in [3.8, 4) is 0 Å². The van der Waals surface area contributed by atoms with E-state index in [1.165, 1.54) is 0 Å². The molecule has 0 aliphatic carbocycles. The molecule has 6 heavy (non-hydrogen) atoms. The molecule has 0 spiro atoms. The summed E-state index contributed by atoms with van der Waals surface area (Å²) in [7, 11) is 0.410. The Morgan fingerprint density at radius 2 is 1.50 bits per heavy atom. The average molecular weight is 100 g/mol. The minimum Gasteiger partial charge on any atom is -0.121 e. The highest BCUT2D eigenvalue weighted by atomic mass is 28.2. The zero-order valence-electron chi connectivity index (χ0n) is 4.78. The van der Waals surface area contributed by atoms with Crippen LogP contribution in [0.4, 0.5) is 0 Å². The summed E-state index contributed by atoms with van der Waals surface area (Å²) >= 11 is 0. The fourth-order valence-electron chi connectivity index (χ4n) is 0. The molecule has 0 aromatic rings. The van der Waals surface area contributed by atoms with E-state index in [-0.39, 0.29) is 0 Å².